The van der Waals surface area contributed by atoms with Crippen LogP contribution < -0.4 is 4.90 Å². The molecule has 0 amide bonds. The molecule has 4 heterocycles. The highest BCUT2D eigenvalue weighted by Crippen LogP contribution is 2.41. The Hall–Kier alpha value is -9.39. The van der Waals surface area contributed by atoms with E-state index in [1.54, 1.807) is 0 Å². The summed E-state index contributed by atoms with van der Waals surface area (Å²) in [5, 5.41) is 4.83. The summed E-state index contributed by atoms with van der Waals surface area (Å²) < 4.78 is 4.73. The zero-order chi connectivity index (χ0) is 46.5. The maximum atomic E-state index is 4.99. The maximum Gasteiger partial charge on any atom is 0.164 e. The molecule has 13 rings (SSSR count). The third kappa shape index (κ3) is 7.09. The predicted octanol–water partition coefficient (Wildman–Crippen LogP) is 16.0. The van der Waals surface area contributed by atoms with Crippen molar-refractivity contribution in [1.82, 2.24) is 24.1 Å². The lowest BCUT2D eigenvalue weighted by molar-refractivity contribution is 1.07. The number of hydrogen-bond donors (Lipinski definition) is 0. The Labute approximate surface area is 405 Å². The van der Waals surface area contributed by atoms with Crippen molar-refractivity contribution in [2.45, 2.75) is 0 Å². The lowest BCUT2D eigenvalue weighted by Crippen LogP contribution is -2.18. The van der Waals surface area contributed by atoms with Gasteiger partial charge in [-0.1, -0.05) is 158 Å². The predicted molar refractivity (Wildman–Crippen MR) is 291 cm³/mol. The van der Waals surface area contributed by atoms with E-state index in [1.807, 2.05) is 60.7 Å². The average molecular weight is 897 g/mol. The maximum absolute atomic E-state index is 4.99. The number of rotatable bonds is 7. The fraction of sp³-hybridized carbons (Fsp3) is 0.0156. The highest BCUT2D eigenvalue weighted by Gasteiger charge is 2.21. The summed E-state index contributed by atoms with van der Waals surface area (Å²) in [7, 11) is 0. The summed E-state index contributed by atoms with van der Waals surface area (Å²) in [5.74, 6) is 1.91. The minimum atomic E-state index is 0.627. The Balaban J connectivity index is 0.906. The first kappa shape index (κ1) is 40.8. The van der Waals surface area contributed by atoms with E-state index in [2.05, 4.69) is 196 Å². The number of fused-ring (bicyclic) bond motifs is 7. The standard InChI is InChI=1S/C64H44N6/c1-43-40-51(70-58-28-14-11-25-52(58)53-26-12-15-29-59(53)70)24-17-39-68(49-22-9-4-10-23-49)57-37-33-47(41-55(43)57)48-34-38-61-56(42-48)54-27-13-16-30-60(54)69(61)50-35-31-46(32-36-50)64-66-62(44-18-5-2-6-19-44)65-63(67-64)45-20-7-3-8-21-45/h2-38,40-42H,1,39H2/b24-17-,51-40+. The molecular weight excluding hydrogens is 853 g/mol. The number of benzene rings is 9. The van der Waals surface area contributed by atoms with Gasteiger partial charge in [0.15, 0.2) is 17.5 Å². The molecule has 1 aliphatic rings. The Morgan fingerprint density at radius 2 is 0.829 bits per heavy atom. The Morgan fingerprint density at radius 1 is 0.371 bits per heavy atom. The summed E-state index contributed by atoms with van der Waals surface area (Å²) in [5.41, 5.74) is 16.0. The van der Waals surface area contributed by atoms with Crippen LogP contribution in [0.1, 0.15) is 5.56 Å². The molecule has 0 radical (unpaired) electrons. The van der Waals surface area contributed by atoms with E-state index >= 15 is 0 Å². The van der Waals surface area contributed by atoms with Crippen LogP contribution in [0.2, 0.25) is 0 Å². The summed E-state index contributed by atoms with van der Waals surface area (Å²) in [6.07, 6.45) is 6.77. The van der Waals surface area contributed by atoms with E-state index < -0.39 is 0 Å². The van der Waals surface area contributed by atoms with Gasteiger partial charge in [-0.2, -0.15) is 0 Å². The Bertz CT molecular complexity index is 3920. The lowest BCUT2D eigenvalue weighted by Gasteiger charge is -2.26. The summed E-state index contributed by atoms with van der Waals surface area (Å²) in [6, 6.07) is 79.1. The molecule has 330 valence electrons. The molecule has 0 bridgehead atoms. The van der Waals surface area contributed by atoms with Gasteiger partial charge >= 0.3 is 0 Å². The van der Waals surface area contributed by atoms with Crippen molar-refractivity contribution in [3.05, 3.63) is 255 Å². The molecule has 9 aromatic carbocycles. The second-order valence-electron chi connectivity index (χ2n) is 17.7. The van der Waals surface area contributed by atoms with Gasteiger partial charge in [0, 0.05) is 73.1 Å². The van der Waals surface area contributed by atoms with Crippen LogP contribution >= 0.6 is 0 Å². The van der Waals surface area contributed by atoms with Gasteiger partial charge in [0.2, 0.25) is 0 Å². The topological polar surface area (TPSA) is 51.8 Å². The van der Waals surface area contributed by atoms with Gasteiger partial charge in [-0.15, -0.1) is 0 Å². The van der Waals surface area contributed by atoms with Crippen LogP contribution in [0.15, 0.2) is 249 Å². The van der Waals surface area contributed by atoms with Crippen molar-refractivity contribution < 1.29 is 0 Å². The lowest BCUT2D eigenvalue weighted by atomic mass is 9.95. The first-order valence-electron chi connectivity index (χ1n) is 23.7. The van der Waals surface area contributed by atoms with Crippen LogP contribution in [0.4, 0.5) is 11.4 Å². The minimum Gasteiger partial charge on any atom is -0.337 e. The molecule has 6 nitrogen and oxygen atoms in total. The Morgan fingerprint density at radius 3 is 1.43 bits per heavy atom. The molecule has 0 saturated carbocycles. The zero-order valence-electron chi connectivity index (χ0n) is 38.2. The molecule has 6 heteroatoms. The van der Waals surface area contributed by atoms with E-state index in [-0.39, 0.29) is 0 Å². The molecular formula is C64H44N6. The number of para-hydroxylation sites is 4. The molecule has 0 aliphatic carbocycles. The second-order valence-corrected chi connectivity index (χ2v) is 17.7. The smallest absolute Gasteiger partial charge is 0.164 e. The molecule has 0 saturated heterocycles. The number of nitrogens with zero attached hydrogens (tertiary/aromatic N) is 6. The molecule has 0 unspecified atom stereocenters. The van der Waals surface area contributed by atoms with Crippen LogP contribution in [0.5, 0.6) is 0 Å². The van der Waals surface area contributed by atoms with Crippen molar-refractivity contribution in [3.8, 4) is 51.0 Å². The van der Waals surface area contributed by atoms with Crippen molar-refractivity contribution in [1.29, 1.82) is 0 Å². The summed E-state index contributed by atoms with van der Waals surface area (Å²) >= 11 is 0. The molecule has 0 N–H and O–H groups in total. The molecule has 0 fully saturated rings. The van der Waals surface area contributed by atoms with Crippen molar-refractivity contribution in [2.75, 3.05) is 11.4 Å². The van der Waals surface area contributed by atoms with E-state index in [9.17, 15) is 0 Å². The van der Waals surface area contributed by atoms with Gasteiger partial charge < -0.3 is 14.0 Å². The van der Waals surface area contributed by atoms with E-state index in [4.69, 9.17) is 21.5 Å². The molecule has 0 atom stereocenters. The highest BCUT2D eigenvalue weighted by molar-refractivity contribution is 6.12. The zero-order valence-corrected chi connectivity index (χ0v) is 38.2. The van der Waals surface area contributed by atoms with Crippen molar-refractivity contribution >= 4 is 66.3 Å². The number of aromatic nitrogens is 5. The van der Waals surface area contributed by atoms with Crippen LogP contribution in [0.3, 0.4) is 0 Å². The van der Waals surface area contributed by atoms with Crippen molar-refractivity contribution in [3.63, 3.8) is 0 Å². The molecule has 1 aliphatic heterocycles. The number of allylic oxidation sites excluding steroid dienone is 4. The highest BCUT2D eigenvalue weighted by atomic mass is 15.1. The summed E-state index contributed by atoms with van der Waals surface area (Å²) in [4.78, 5) is 17.3. The normalized spacial score (nSPS) is 14.0. The fourth-order valence-corrected chi connectivity index (χ4v) is 10.2. The minimum absolute atomic E-state index is 0.627. The van der Waals surface area contributed by atoms with Crippen LogP contribution in [-0.2, 0) is 0 Å². The van der Waals surface area contributed by atoms with E-state index in [0.29, 0.717) is 24.0 Å². The molecule has 12 aromatic rings. The molecule has 70 heavy (non-hydrogen) atoms. The van der Waals surface area contributed by atoms with Crippen LogP contribution in [0, 0.1) is 0 Å². The Kier molecular flexibility index (Phi) is 9.95. The average Bonchev–Trinajstić information content (AvgIpc) is 3.96. The third-order valence-corrected chi connectivity index (χ3v) is 13.5. The van der Waals surface area contributed by atoms with E-state index in [0.717, 1.165) is 72.7 Å². The fourth-order valence-electron chi connectivity index (χ4n) is 10.2. The van der Waals surface area contributed by atoms with Gasteiger partial charge in [0.1, 0.15) is 0 Å². The molecule has 3 aromatic heterocycles. The van der Waals surface area contributed by atoms with Gasteiger partial charge in [-0.25, -0.2) is 15.0 Å². The number of hydrogen-bond acceptors (Lipinski definition) is 4. The summed E-state index contributed by atoms with van der Waals surface area (Å²) in [6.45, 7) is 5.49. The van der Waals surface area contributed by atoms with Gasteiger partial charge in [-0.05, 0) is 108 Å². The first-order valence-corrected chi connectivity index (χ1v) is 23.7. The van der Waals surface area contributed by atoms with Crippen LogP contribution in [-0.4, -0.2) is 30.6 Å². The van der Waals surface area contributed by atoms with Crippen molar-refractivity contribution in [2.24, 2.45) is 0 Å². The van der Waals surface area contributed by atoms with Gasteiger partial charge in [0.25, 0.3) is 0 Å². The molecule has 0 spiro atoms. The van der Waals surface area contributed by atoms with Gasteiger partial charge in [-0.3, -0.25) is 0 Å². The monoisotopic (exact) mass is 896 g/mol. The SMILES string of the molecule is C=C1/C=C(n2c3ccccc3c3ccccc32)\C=C/CN(c2ccccc2)c2ccc(-c3ccc4c(c3)c3ccccc3n4-c3ccc(-c4nc(-c5ccccc5)nc(-c5ccccc5)n4)cc3)cc21. The second kappa shape index (κ2) is 17.0. The van der Waals surface area contributed by atoms with Crippen LogP contribution in [0.25, 0.3) is 106 Å². The largest absolute Gasteiger partial charge is 0.337 e. The van der Waals surface area contributed by atoms with E-state index in [1.165, 1.54) is 32.6 Å². The van der Waals surface area contributed by atoms with Gasteiger partial charge in [0.05, 0.1) is 22.1 Å². The first-order chi connectivity index (χ1) is 34.6. The quantitative estimate of drug-likeness (QED) is 0.160. The number of anilines is 2. The third-order valence-electron chi connectivity index (χ3n) is 13.5.